The van der Waals surface area contributed by atoms with Crippen LogP contribution in [0.2, 0.25) is 0 Å². The molecule has 2 aromatic rings. The Kier molecular flexibility index (Phi) is 4.94. The average molecular weight is 322 g/mol. The van der Waals surface area contributed by atoms with Gasteiger partial charge in [-0.1, -0.05) is 42.5 Å². The summed E-state index contributed by atoms with van der Waals surface area (Å²) in [5, 5.41) is 3.02. The van der Waals surface area contributed by atoms with Gasteiger partial charge in [0, 0.05) is 25.1 Å². The van der Waals surface area contributed by atoms with E-state index in [2.05, 4.69) is 5.32 Å². The first-order valence-electron chi connectivity index (χ1n) is 8.36. The second-order valence-corrected chi connectivity index (χ2v) is 6.23. The van der Waals surface area contributed by atoms with E-state index in [1.807, 2.05) is 66.4 Å². The van der Waals surface area contributed by atoms with Gasteiger partial charge in [-0.05, 0) is 36.6 Å². The molecule has 0 aromatic heterocycles. The lowest BCUT2D eigenvalue weighted by Gasteiger charge is -2.17. The molecule has 0 saturated carbocycles. The van der Waals surface area contributed by atoms with Crippen molar-refractivity contribution in [3.05, 3.63) is 71.3 Å². The van der Waals surface area contributed by atoms with Crippen molar-refractivity contribution in [1.29, 1.82) is 0 Å². The predicted molar refractivity (Wildman–Crippen MR) is 93.4 cm³/mol. The Morgan fingerprint density at radius 2 is 1.96 bits per heavy atom. The molecule has 2 aromatic carbocycles. The first-order valence-corrected chi connectivity index (χ1v) is 8.36. The summed E-state index contributed by atoms with van der Waals surface area (Å²) in [4.78, 5) is 26.1. The molecule has 0 unspecified atom stereocenters. The number of carbonyl (C=O) groups is 2. The molecule has 2 amide bonds. The summed E-state index contributed by atoms with van der Waals surface area (Å²) in [6, 6.07) is 17.4. The molecule has 0 spiro atoms. The Morgan fingerprint density at radius 1 is 1.17 bits per heavy atom. The summed E-state index contributed by atoms with van der Waals surface area (Å²) in [7, 11) is 0. The first-order chi connectivity index (χ1) is 11.6. The van der Waals surface area contributed by atoms with E-state index in [0.29, 0.717) is 18.5 Å². The summed E-state index contributed by atoms with van der Waals surface area (Å²) in [6.07, 6.45) is 1.56. The van der Waals surface area contributed by atoms with Gasteiger partial charge in [-0.15, -0.1) is 0 Å². The summed E-state index contributed by atoms with van der Waals surface area (Å²) in [5.74, 6) is 0.100. The average Bonchev–Trinajstić information content (AvgIpc) is 3.00. The van der Waals surface area contributed by atoms with Crippen LogP contribution in [0.25, 0.3) is 0 Å². The summed E-state index contributed by atoms with van der Waals surface area (Å²) in [6.45, 7) is 3.36. The number of nitrogens with zero attached hydrogens (tertiary/aromatic N) is 1. The van der Waals surface area contributed by atoms with Crippen LogP contribution in [-0.4, -0.2) is 23.3 Å². The molecule has 3 rings (SSSR count). The number of carbonyl (C=O) groups excluding carboxylic acids is 2. The lowest BCUT2D eigenvalue weighted by molar-refractivity contribution is -0.128. The second kappa shape index (κ2) is 7.30. The largest absolute Gasteiger partial charge is 0.346 e. The zero-order valence-corrected chi connectivity index (χ0v) is 13.9. The number of hydrogen-bond acceptors (Lipinski definition) is 2. The quantitative estimate of drug-likeness (QED) is 0.918. The number of rotatable bonds is 5. The second-order valence-electron chi connectivity index (χ2n) is 6.23. The molecule has 1 fully saturated rings. The lowest BCUT2D eigenvalue weighted by Crippen LogP contribution is -2.27. The number of likely N-dealkylation sites (tertiary alicyclic amines) is 1. The number of amides is 2. The van der Waals surface area contributed by atoms with Crippen molar-refractivity contribution in [3.63, 3.8) is 0 Å². The van der Waals surface area contributed by atoms with Gasteiger partial charge in [0.25, 0.3) is 5.91 Å². The van der Waals surface area contributed by atoms with Crippen molar-refractivity contribution in [2.75, 3.05) is 6.54 Å². The number of hydrogen-bond donors (Lipinski definition) is 1. The van der Waals surface area contributed by atoms with E-state index in [1.165, 1.54) is 0 Å². The molecule has 4 nitrogen and oxygen atoms in total. The van der Waals surface area contributed by atoms with Crippen LogP contribution in [0.1, 0.15) is 47.3 Å². The molecule has 0 aliphatic carbocycles. The maximum Gasteiger partial charge on any atom is 0.251 e. The molecule has 24 heavy (non-hydrogen) atoms. The molecule has 4 heteroatoms. The van der Waals surface area contributed by atoms with E-state index in [-0.39, 0.29) is 17.9 Å². The minimum Gasteiger partial charge on any atom is -0.346 e. The standard InChI is InChI=1S/C20H22N2O2/c1-15(17-8-3-2-4-9-17)21-20(24)18-10-5-7-16(13-18)14-22-12-6-11-19(22)23/h2-5,7-10,13,15H,6,11-12,14H2,1H3,(H,21,24)/t15-/m0/s1. The van der Waals surface area contributed by atoms with Crippen molar-refractivity contribution in [2.24, 2.45) is 0 Å². The smallest absolute Gasteiger partial charge is 0.251 e. The van der Waals surface area contributed by atoms with E-state index in [1.54, 1.807) is 0 Å². The van der Waals surface area contributed by atoms with Gasteiger partial charge >= 0.3 is 0 Å². The molecule has 0 radical (unpaired) electrons. The van der Waals surface area contributed by atoms with Gasteiger partial charge in [0.15, 0.2) is 0 Å². The topological polar surface area (TPSA) is 49.4 Å². The van der Waals surface area contributed by atoms with Gasteiger partial charge in [-0.3, -0.25) is 9.59 Å². The van der Waals surface area contributed by atoms with E-state index < -0.39 is 0 Å². The maximum atomic E-state index is 12.5. The van der Waals surface area contributed by atoms with E-state index in [9.17, 15) is 9.59 Å². The molecular formula is C20H22N2O2. The molecule has 1 aliphatic rings. The highest BCUT2D eigenvalue weighted by Crippen LogP contribution is 2.16. The zero-order chi connectivity index (χ0) is 16.9. The van der Waals surface area contributed by atoms with Gasteiger partial charge in [-0.25, -0.2) is 0 Å². The highest BCUT2D eigenvalue weighted by atomic mass is 16.2. The molecular weight excluding hydrogens is 300 g/mol. The molecule has 1 heterocycles. The van der Waals surface area contributed by atoms with Crippen molar-refractivity contribution >= 4 is 11.8 Å². The number of nitrogens with one attached hydrogen (secondary N) is 1. The van der Waals surface area contributed by atoms with Crippen LogP contribution in [0, 0.1) is 0 Å². The molecule has 1 N–H and O–H groups in total. The minimum atomic E-state index is -0.0963. The third-order valence-corrected chi connectivity index (χ3v) is 4.38. The first kappa shape index (κ1) is 16.2. The van der Waals surface area contributed by atoms with Gasteiger partial charge in [0.2, 0.25) is 5.91 Å². The lowest BCUT2D eigenvalue weighted by atomic mass is 10.1. The van der Waals surface area contributed by atoms with E-state index in [4.69, 9.17) is 0 Å². The summed E-state index contributed by atoms with van der Waals surface area (Å²) in [5.41, 5.74) is 2.69. The fraction of sp³-hybridized carbons (Fsp3) is 0.300. The molecule has 1 saturated heterocycles. The third kappa shape index (κ3) is 3.82. The Labute approximate surface area is 142 Å². The molecule has 124 valence electrons. The van der Waals surface area contributed by atoms with Crippen molar-refractivity contribution in [3.8, 4) is 0 Å². The Balaban J connectivity index is 1.67. The Bertz CT molecular complexity index is 727. The van der Waals surface area contributed by atoms with Gasteiger partial charge in [0.05, 0.1) is 6.04 Å². The van der Waals surface area contributed by atoms with Crippen LogP contribution < -0.4 is 5.32 Å². The van der Waals surface area contributed by atoms with Crippen LogP contribution in [0.3, 0.4) is 0 Å². The van der Waals surface area contributed by atoms with Gasteiger partial charge in [0.1, 0.15) is 0 Å². The monoisotopic (exact) mass is 322 g/mol. The molecule has 0 bridgehead atoms. The highest BCUT2D eigenvalue weighted by Gasteiger charge is 2.20. The van der Waals surface area contributed by atoms with Gasteiger partial charge in [-0.2, -0.15) is 0 Å². The minimum absolute atomic E-state index is 0.0532. The van der Waals surface area contributed by atoms with E-state index in [0.717, 1.165) is 24.1 Å². The Morgan fingerprint density at radius 3 is 2.67 bits per heavy atom. The van der Waals surface area contributed by atoms with E-state index >= 15 is 0 Å². The van der Waals surface area contributed by atoms with Crippen LogP contribution in [0.4, 0.5) is 0 Å². The Hall–Kier alpha value is -2.62. The molecule has 1 atom stereocenters. The van der Waals surface area contributed by atoms with Crippen molar-refractivity contribution in [1.82, 2.24) is 10.2 Å². The third-order valence-electron chi connectivity index (χ3n) is 4.38. The van der Waals surface area contributed by atoms with Gasteiger partial charge < -0.3 is 10.2 Å². The predicted octanol–water partition coefficient (Wildman–Crippen LogP) is 3.30. The SMILES string of the molecule is C[C@H](NC(=O)c1cccc(CN2CCCC2=O)c1)c1ccccc1. The van der Waals surface area contributed by atoms with Crippen LogP contribution >= 0.6 is 0 Å². The van der Waals surface area contributed by atoms with Crippen molar-refractivity contribution < 1.29 is 9.59 Å². The zero-order valence-electron chi connectivity index (χ0n) is 13.9. The normalized spacial score (nSPS) is 15.4. The van der Waals surface area contributed by atoms with Crippen LogP contribution in [-0.2, 0) is 11.3 Å². The highest BCUT2D eigenvalue weighted by molar-refractivity contribution is 5.94. The van der Waals surface area contributed by atoms with Crippen LogP contribution in [0.15, 0.2) is 54.6 Å². The fourth-order valence-corrected chi connectivity index (χ4v) is 3.01. The maximum absolute atomic E-state index is 12.5. The molecule has 1 aliphatic heterocycles. The summed E-state index contributed by atoms with van der Waals surface area (Å²) < 4.78 is 0. The van der Waals surface area contributed by atoms with Crippen molar-refractivity contribution in [2.45, 2.75) is 32.4 Å². The van der Waals surface area contributed by atoms with Crippen LogP contribution in [0.5, 0.6) is 0 Å². The summed E-state index contributed by atoms with van der Waals surface area (Å²) >= 11 is 0. The fourth-order valence-electron chi connectivity index (χ4n) is 3.01. The number of benzene rings is 2.